The van der Waals surface area contributed by atoms with Crippen LogP contribution < -0.4 is 5.01 Å². The first-order valence-electron chi connectivity index (χ1n) is 9.38. The van der Waals surface area contributed by atoms with Crippen molar-refractivity contribution in [2.45, 2.75) is 50.5 Å². The highest BCUT2D eigenvalue weighted by Crippen LogP contribution is 2.34. The zero-order valence-electron chi connectivity index (χ0n) is 16.3. The van der Waals surface area contributed by atoms with Gasteiger partial charge in [-0.05, 0) is 44.4 Å². The third-order valence-electron chi connectivity index (χ3n) is 5.09. The van der Waals surface area contributed by atoms with E-state index >= 15 is 0 Å². The first-order valence-corrected chi connectivity index (χ1v) is 10.9. The molecule has 0 saturated carbocycles. The number of fused-ring (bicyclic) bond motifs is 1. The number of methoxy groups -OCH3 is 1. The number of carbonyl (C=O) groups is 2. The van der Waals surface area contributed by atoms with Crippen LogP contribution in [0, 0.1) is 6.92 Å². The van der Waals surface area contributed by atoms with Gasteiger partial charge < -0.3 is 9.64 Å². The van der Waals surface area contributed by atoms with Gasteiger partial charge in [0.25, 0.3) is 5.91 Å². The van der Waals surface area contributed by atoms with Gasteiger partial charge in [-0.2, -0.15) is 5.10 Å². The summed E-state index contributed by atoms with van der Waals surface area (Å²) in [5.41, 5.74) is 1.08. The zero-order valence-corrected chi connectivity index (χ0v) is 17.2. The van der Waals surface area contributed by atoms with Crippen LogP contribution in [-0.4, -0.2) is 56.5 Å². The van der Waals surface area contributed by atoms with Crippen molar-refractivity contribution in [2.24, 2.45) is 5.10 Å². The molecule has 1 fully saturated rings. The number of carbonyl (C=O) groups excluding carboxylic acids is 2. The number of hydrogen-bond acceptors (Lipinski definition) is 7. The standard InChI is InChI=1S/C19H25N3O5S/c1-13-8-9-16-15(12-13)22(14(2)19(24)27-3)20-17(28(16,25)26)18(23)21-10-6-4-5-7-11-21/h8-9,12,14H,4-7,10-11H2,1-3H3/t14-/m0/s1. The molecule has 0 unspecified atom stereocenters. The Morgan fingerprint density at radius 1 is 1.14 bits per heavy atom. The molecule has 0 radical (unpaired) electrons. The van der Waals surface area contributed by atoms with Crippen LogP contribution in [0.15, 0.2) is 28.2 Å². The third kappa shape index (κ3) is 3.63. The monoisotopic (exact) mass is 407 g/mol. The minimum Gasteiger partial charge on any atom is -0.467 e. The van der Waals surface area contributed by atoms with E-state index in [0.717, 1.165) is 31.2 Å². The SMILES string of the molecule is COC(=O)[C@H](C)N1N=C(C(=O)N2CCCCCC2)S(=O)(=O)c2ccc(C)cc21. The summed E-state index contributed by atoms with van der Waals surface area (Å²) in [5.74, 6) is -1.19. The average Bonchev–Trinajstić information content (AvgIpc) is 2.95. The van der Waals surface area contributed by atoms with E-state index in [1.807, 2.05) is 6.92 Å². The molecule has 1 aromatic carbocycles. The molecule has 1 aromatic rings. The molecule has 2 aliphatic rings. The van der Waals surface area contributed by atoms with Gasteiger partial charge in [0.15, 0.2) is 0 Å². The molecule has 1 atom stereocenters. The molecule has 0 bridgehead atoms. The summed E-state index contributed by atoms with van der Waals surface area (Å²) in [7, 11) is -2.84. The predicted octanol–water partition coefficient (Wildman–Crippen LogP) is 1.87. The number of anilines is 1. The van der Waals surface area contributed by atoms with E-state index in [1.165, 1.54) is 18.2 Å². The maximum Gasteiger partial charge on any atom is 0.330 e. The van der Waals surface area contributed by atoms with Gasteiger partial charge in [0.05, 0.1) is 17.7 Å². The fourth-order valence-electron chi connectivity index (χ4n) is 3.48. The highest BCUT2D eigenvalue weighted by Gasteiger charge is 2.41. The van der Waals surface area contributed by atoms with Crippen molar-refractivity contribution in [2.75, 3.05) is 25.2 Å². The van der Waals surface area contributed by atoms with E-state index in [-0.39, 0.29) is 10.6 Å². The highest BCUT2D eigenvalue weighted by atomic mass is 32.2. The normalized spacial score (nSPS) is 19.9. The van der Waals surface area contributed by atoms with E-state index in [2.05, 4.69) is 5.10 Å². The molecule has 0 aliphatic carbocycles. The fraction of sp³-hybridized carbons (Fsp3) is 0.526. The Hall–Kier alpha value is -2.42. The number of esters is 1. The van der Waals surface area contributed by atoms with Crippen molar-refractivity contribution in [1.82, 2.24) is 4.90 Å². The number of amides is 1. The lowest BCUT2D eigenvalue weighted by molar-refractivity contribution is -0.141. The molecule has 9 heteroatoms. The largest absolute Gasteiger partial charge is 0.467 e. The van der Waals surface area contributed by atoms with Crippen molar-refractivity contribution in [3.63, 3.8) is 0 Å². The number of hydrazone groups is 1. The van der Waals surface area contributed by atoms with Gasteiger partial charge >= 0.3 is 5.97 Å². The summed E-state index contributed by atoms with van der Waals surface area (Å²) < 4.78 is 31.1. The number of aryl methyl sites for hydroxylation is 1. The number of likely N-dealkylation sites (tertiary alicyclic amines) is 1. The maximum absolute atomic E-state index is 13.2. The molecule has 2 aliphatic heterocycles. The quantitative estimate of drug-likeness (QED) is 0.710. The predicted molar refractivity (Wildman–Crippen MR) is 105 cm³/mol. The highest BCUT2D eigenvalue weighted by molar-refractivity contribution is 8.08. The molecule has 2 heterocycles. The molecular weight excluding hydrogens is 382 g/mol. The van der Waals surface area contributed by atoms with Crippen LogP contribution in [0.4, 0.5) is 5.69 Å². The van der Waals surface area contributed by atoms with Crippen LogP contribution in [0.5, 0.6) is 0 Å². The lowest BCUT2D eigenvalue weighted by Gasteiger charge is -2.32. The van der Waals surface area contributed by atoms with Crippen LogP contribution in [-0.2, 0) is 24.2 Å². The Morgan fingerprint density at radius 3 is 2.39 bits per heavy atom. The summed E-state index contributed by atoms with van der Waals surface area (Å²) >= 11 is 0. The second kappa shape index (κ2) is 7.90. The summed E-state index contributed by atoms with van der Waals surface area (Å²) in [6.07, 6.45) is 3.68. The van der Waals surface area contributed by atoms with Gasteiger partial charge in [-0.3, -0.25) is 4.79 Å². The van der Waals surface area contributed by atoms with E-state index in [1.54, 1.807) is 24.0 Å². The molecule has 8 nitrogen and oxygen atoms in total. The average molecular weight is 407 g/mol. The molecule has 0 spiro atoms. The van der Waals surface area contributed by atoms with E-state index in [9.17, 15) is 18.0 Å². The van der Waals surface area contributed by atoms with Crippen molar-refractivity contribution in [3.8, 4) is 0 Å². The van der Waals surface area contributed by atoms with Crippen molar-refractivity contribution in [1.29, 1.82) is 0 Å². The first kappa shape index (κ1) is 20.3. The number of rotatable bonds is 3. The maximum atomic E-state index is 13.2. The molecular formula is C19H25N3O5S. The molecule has 0 aromatic heterocycles. The van der Waals surface area contributed by atoms with Crippen LogP contribution >= 0.6 is 0 Å². The van der Waals surface area contributed by atoms with Crippen molar-refractivity contribution >= 4 is 32.4 Å². The van der Waals surface area contributed by atoms with Gasteiger partial charge in [0.2, 0.25) is 14.9 Å². The summed E-state index contributed by atoms with van der Waals surface area (Å²) in [5, 5.41) is 4.90. The Morgan fingerprint density at radius 2 is 1.79 bits per heavy atom. The lowest BCUT2D eigenvalue weighted by atomic mass is 10.2. The Balaban J connectivity index is 2.10. The Bertz CT molecular complexity index is 917. The van der Waals surface area contributed by atoms with Crippen LogP contribution in [0.25, 0.3) is 0 Å². The topological polar surface area (TPSA) is 96.3 Å². The van der Waals surface area contributed by atoms with Crippen LogP contribution in [0.2, 0.25) is 0 Å². The fourth-order valence-corrected chi connectivity index (χ4v) is 4.91. The van der Waals surface area contributed by atoms with Gasteiger partial charge in [0.1, 0.15) is 6.04 Å². The number of sulfone groups is 1. The minimum absolute atomic E-state index is 0.0259. The van der Waals surface area contributed by atoms with Gasteiger partial charge in [0, 0.05) is 13.1 Å². The summed E-state index contributed by atoms with van der Waals surface area (Å²) in [6.45, 7) is 4.38. The smallest absolute Gasteiger partial charge is 0.330 e. The molecule has 1 amide bonds. The summed E-state index contributed by atoms with van der Waals surface area (Å²) in [6, 6.07) is 3.88. The van der Waals surface area contributed by atoms with Crippen LogP contribution in [0.1, 0.15) is 38.2 Å². The van der Waals surface area contributed by atoms with E-state index in [0.29, 0.717) is 13.1 Å². The number of nitrogens with zero attached hydrogens (tertiary/aromatic N) is 3. The molecule has 152 valence electrons. The Kier molecular flexibility index (Phi) is 5.74. The number of benzene rings is 1. The second-order valence-electron chi connectivity index (χ2n) is 7.13. The van der Waals surface area contributed by atoms with E-state index in [4.69, 9.17) is 4.74 Å². The third-order valence-corrected chi connectivity index (χ3v) is 6.78. The second-order valence-corrected chi connectivity index (χ2v) is 8.96. The van der Waals surface area contributed by atoms with Gasteiger partial charge in [-0.1, -0.05) is 18.9 Å². The van der Waals surface area contributed by atoms with Gasteiger partial charge in [-0.25, -0.2) is 18.2 Å². The van der Waals surface area contributed by atoms with E-state index < -0.39 is 32.8 Å². The molecule has 1 saturated heterocycles. The van der Waals surface area contributed by atoms with Crippen LogP contribution in [0.3, 0.4) is 0 Å². The Labute approximate surface area is 165 Å². The van der Waals surface area contributed by atoms with Crippen molar-refractivity contribution in [3.05, 3.63) is 23.8 Å². The summed E-state index contributed by atoms with van der Waals surface area (Å²) in [4.78, 5) is 26.7. The zero-order chi connectivity index (χ0) is 20.5. The first-order chi connectivity index (χ1) is 13.3. The number of ether oxygens (including phenoxy) is 1. The van der Waals surface area contributed by atoms with Crippen molar-refractivity contribution < 1.29 is 22.7 Å². The molecule has 3 rings (SSSR count). The molecule has 28 heavy (non-hydrogen) atoms. The molecule has 0 N–H and O–H groups in total. The minimum atomic E-state index is -4.09. The number of hydrogen-bond donors (Lipinski definition) is 0. The lowest BCUT2D eigenvalue weighted by Crippen LogP contribution is -2.46. The van der Waals surface area contributed by atoms with Gasteiger partial charge in [-0.15, -0.1) is 0 Å².